The number of carbonyl (C=O) groups is 1. The molecular formula is C12H15NO. The number of carbonyl (C=O) groups excluding carboxylic acids is 1. The minimum atomic E-state index is 0.348. The number of rotatable bonds is 0. The lowest BCUT2D eigenvalue weighted by Gasteiger charge is -2.18. The van der Waals surface area contributed by atoms with E-state index in [1.165, 1.54) is 16.8 Å². The number of hydrogen-bond acceptors (Lipinski definition) is 2. The third kappa shape index (κ3) is 1.65. The molecule has 0 N–H and O–H groups in total. The molecule has 0 unspecified atom stereocenters. The Labute approximate surface area is 84.5 Å². The molecule has 0 aromatic heterocycles. The highest BCUT2D eigenvalue weighted by Gasteiger charge is 2.16. The fourth-order valence-corrected chi connectivity index (χ4v) is 1.94. The van der Waals surface area contributed by atoms with Crippen LogP contribution in [0.2, 0.25) is 0 Å². The molecule has 0 fully saturated rings. The summed E-state index contributed by atoms with van der Waals surface area (Å²) in [4.78, 5) is 13.6. The van der Waals surface area contributed by atoms with Crippen molar-refractivity contribution in [1.29, 1.82) is 0 Å². The molecule has 0 radical (unpaired) electrons. The monoisotopic (exact) mass is 189 g/mol. The number of aryl methyl sites for hydroxylation is 1. The average Bonchev–Trinajstić information content (AvgIpc) is 2.26. The smallest absolute Gasteiger partial charge is 0.139 e. The second kappa shape index (κ2) is 3.45. The van der Waals surface area contributed by atoms with Crippen LogP contribution >= 0.6 is 0 Å². The van der Waals surface area contributed by atoms with E-state index >= 15 is 0 Å². The highest BCUT2D eigenvalue weighted by Crippen LogP contribution is 2.24. The van der Waals surface area contributed by atoms with E-state index in [0.717, 1.165) is 6.54 Å². The fourth-order valence-electron chi connectivity index (χ4n) is 1.94. The summed E-state index contributed by atoms with van der Waals surface area (Å²) >= 11 is 0. The van der Waals surface area contributed by atoms with Crippen molar-refractivity contribution in [3.05, 3.63) is 29.3 Å². The molecule has 14 heavy (non-hydrogen) atoms. The predicted molar refractivity (Wildman–Crippen MR) is 57.8 cm³/mol. The second-order valence-electron chi connectivity index (χ2n) is 4.02. The topological polar surface area (TPSA) is 20.3 Å². The molecule has 0 saturated heterocycles. The van der Waals surface area contributed by atoms with Crippen LogP contribution < -0.4 is 4.90 Å². The van der Waals surface area contributed by atoms with Gasteiger partial charge in [-0.1, -0.05) is 17.7 Å². The van der Waals surface area contributed by atoms with E-state index in [0.29, 0.717) is 18.6 Å². The number of hydrogen-bond donors (Lipinski definition) is 0. The van der Waals surface area contributed by atoms with Crippen molar-refractivity contribution in [2.24, 2.45) is 0 Å². The van der Waals surface area contributed by atoms with Gasteiger partial charge in [0.25, 0.3) is 0 Å². The quantitative estimate of drug-likeness (QED) is 0.621. The van der Waals surface area contributed by atoms with E-state index in [4.69, 9.17) is 0 Å². The molecule has 2 heteroatoms. The Morgan fingerprint density at radius 2 is 2.14 bits per heavy atom. The van der Waals surface area contributed by atoms with Crippen molar-refractivity contribution in [2.45, 2.75) is 19.8 Å². The van der Waals surface area contributed by atoms with E-state index in [1.54, 1.807) is 0 Å². The summed E-state index contributed by atoms with van der Waals surface area (Å²) in [7, 11) is 2.05. The van der Waals surface area contributed by atoms with E-state index in [1.807, 2.05) is 7.05 Å². The molecule has 0 spiro atoms. The Balaban J connectivity index is 2.46. The van der Waals surface area contributed by atoms with Gasteiger partial charge in [0.2, 0.25) is 0 Å². The Kier molecular flexibility index (Phi) is 2.28. The normalized spacial score (nSPS) is 16.4. The molecule has 2 rings (SSSR count). The van der Waals surface area contributed by atoms with Gasteiger partial charge in [-0.25, -0.2) is 0 Å². The van der Waals surface area contributed by atoms with Crippen LogP contribution in [-0.2, 0) is 11.2 Å². The van der Waals surface area contributed by atoms with Gasteiger partial charge < -0.3 is 4.90 Å². The van der Waals surface area contributed by atoms with E-state index in [2.05, 4.69) is 30.0 Å². The van der Waals surface area contributed by atoms with Gasteiger partial charge in [-0.2, -0.15) is 0 Å². The summed E-state index contributed by atoms with van der Waals surface area (Å²) in [5.41, 5.74) is 3.61. The van der Waals surface area contributed by atoms with Crippen molar-refractivity contribution in [3.8, 4) is 0 Å². The molecule has 1 aliphatic rings. The first-order chi connectivity index (χ1) is 6.66. The first-order valence-corrected chi connectivity index (χ1v) is 4.99. The fraction of sp³-hybridized carbons (Fsp3) is 0.417. The van der Waals surface area contributed by atoms with Gasteiger partial charge in [0.05, 0.1) is 0 Å². The molecule has 0 bridgehead atoms. The van der Waals surface area contributed by atoms with Crippen LogP contribution in [0.25, 0.3) is 0 Å². The highest BCUT2D eigenvalue weighted by molar-refractivity contribution is 5.84. The van der Waals surface area contributed by atoms with E-state index in [9.17, 15) is 4.79 Å². The van der Waals surface area contributed by atoms with Gasteiger partial charge in [0, 0.05) is 32.1 Å². The summed E-state index contributed by atoms with van der Waals surface area (Å²) in [6.07, 6.45) is 1.27. The van der Waals surface area contributed by atoms with E-state index in [-0.39, 0.29) is 0 Å². The Morgan fingerprint density at radius 3 is 2.93 bits per heavy atom. The lowest BCUT2D eigenvalue weighted by atomic mass is 10.0. The molecule has 1 heterocycles. The van der Waals surface area contributed by atoms with Crippen LogP contribution in [0.4, 0.5) is 5.69 Å². The summed E-state index contributed by atoms with van der Waals surface area (Å²) in [5.74, 6) is 0.348. The Bertz CT molecular complexity index is 371. The van der Waals surface area contributed by atoms with Crippen molar-refractivity contribution in [1.82, 2.24) is 0 Å². The van der Waals surface area contributed by atoms with Crippen LogP contribution in [0.15, 0.2) is 18.2 Å². The van der Waals surface area contributed by atoms with Gasteiger partial charge in [0.15, 0.2) is 0 Å². The van der Waals surface area contributed by atoms with Crippen LogP contribution in [0.3, 0.4) is 0 Å². The van der Waals surface area contributed by atoms with Crippen LogP contribution in [0.1, 0.15) is 17.5 Å². The number of benzene rings is 1. The maximum atomic E-state index is 11.5. The predicted octanol–water partition coefficient (Wildman–Crippen LogP) is 1.95. The summed E-state index contributed by atoms with van der Waals surface area (Å²) in [5, 5.41) is 0. The molecule has 1 aliphatic heterocycles. The third-order valence-corrected chi connectivity index (χ3v) is 2.76. The average molecular weight is 189 g/mol. The largest absolute Gasteiger partial charge is 0.374 e. The lowest BCUT2D eigenvalue weighted by Crippen LogP contribution is -2.18. The molecule has 0 amide bonds. The zero-order valence-corrected chi connectivity index (χ0v) is 8.71. The summed E-state index contributed by atoms with van der Waals surface area (Å²) in [6.45, 7) is 2.91. The molecule has 1 aromatic carbocycles. The molecule has 2 nitrogen and oxygen atoms in total. The molecule has 74 valence electrons. The zero-order valence-electron chi connectivity index (χ0n) is 8.71. The maximum absolute atomic E-state index is 11.5. The second-order valence-corrected chi connectivity index (χ2v) is 4.02. The van der Waals surface area contributed by atoms with Crippen LogP contribution in [-0.4, -0.2) is 19.4 Å². The number of nitrogens with zero attached hydrogens (tertiary/aromatic N) is 1. The van der Waals surface area contributed by atoms with Crippen molar-refractivity contribution in [3.63, 3.8) is 0 Å². The Morgan fingerprint density at radius 1 is 1.36 bits per heavy atom. The Hall–Kier alpha value is -1.31. The number of anilines is 1. The number of Topliss-reactive ketones (excluding diaryl/α,β-unsaturated/α-hetero) is 1. The number of fused-ring (bicyclic) bond motifs is 1. The molecule has 0 atom stereocenters. The number of ketones is 1. The zero-order chi connectivity index (χ0) is 10.1. The molecule has 1 aromatic rings. The van der Waals surface area contributed by atoms with Crippen molar-refractivity contribution < 1.29 is 4.79 Å². The van der Waals surface area contributed by atoms with Crippen molar-refractivity contribution >= 4 is 11.5 Å². The lowest BCUT2D eigenvalue weighted by molar-refractivity contribution is -0.118. The van der Waals surface area contributed by atoms with Gasteiger partial charge in [-0.3, -0.25) is 4.79 Å². The third-order valence-electron chi connectivity index (χ3n) is 2.76. The first-order valence-electron chi connectivity index (χ1n) is 4.99. The van der Waals surface area contributed by atoms with Crippen molar-refractivity contribution in [2.75, 3.05) is 18.5 Å². The van der Waals surface area contributed by atoms with Gasteiger partial charge in [-0.15, -0.1) is 0 Å². The molecule has 0 saturated carbocycles. The van der Waals surface area contributed by atoms with Gasteiger partial charge in [0.1, 0.15) is 5.78 Å². The summed E-state index contributed by atoms with van der Waals surface area (Å²) in [6, 6.07) is 6.34. The standard InChI is InChI=1S/C12H15NO/c1-9-3-4-12-10(7-9)8-11(14)5-6-13(12)2/h3-4,7H,5-6,8H2,1-2H3. The van der Waals surface area contributed by atoms with Gasteiger partial charge >= 0.3 is 0 Å². The van der Waals surface area contributed by atoms with E-state index < -0.39 is 0 Å². The van der Waals surface area contributed by atoms with Crippen LogP contribution in [0, 0.1) is 6.92 Å². The molecule has 0 aliphatic carbocycles. The SMILES string of the molecule is Cc1ccc2c(c1)CC(=O)CCN2C. The van der Waals surface area contributed by atoms with Gasteiger partial charge in [-0.05, 0) is 18.6 Å². The molecular weight excluding hydrogens is 174 g/mol. The summed E-state index contributed by atoms with van der Waals surface area (Å²) < 4.78 is 0. The highest BCUT2D eigenvalue weighted by atomic mass is 16.1. The minimum absolute atomic E-state index is 0.348. The van der Waals surface area contributed by atoms with Crippen LogP contribution in [0.5, 0.6) is 0 Å². The maximum Gasteiger partial charge on any atom is 0.139 e. The minimum Gasteiger partial charge on any atom is -0.374 e. The first kappa shape index (κ1) is 9.25.